The summed E-state index contributed by atoms with van der Waals surface area (Å²) >= 11 is 0. The molecule has 0 amide bonds. The van der Waals surface area contributed by atoms with E-state index in [9.17, 15) is 18.0 Å². The molecule has 0 aliphatic heterocycles. The first kappa shape index (κ1) is 26.1. The summed E-state index contributed by atoms with van der Waals surface area (Å²) in [4.78, 5) is 15.2. The van der Waals surface area contributed by atoms with Crippen molar-refractivity contribution >= 4 is 5.97 Å². The van der Waals surface area contributed by atoms with Gasteiger partial charge >= 0.3 is 12.1 Å². The molecule has 10 heteroatoms. The van der Waals surface area contributed by atoms with E-state index >= 15 is 0 Å². The largest absolute Gasteiger partial charge is 0.490 e. The van der Waals surface area contributed by atoms with Crippen LogP contribution < -0.4 is 14.2 Å². The van der Waals surface area contributed by atoms with Crippen molar-refractivity contribution in [3.05, 3.63) is 59.5 Å². The lowest BCUT2D eigenvalue weighted by Crippen LogP contribution is -2.07. The van der Waals surface area contributed by atoms with Crippen LogP contribution >= 0.6 is 0 Å². The fraction of sp³-hybridized carbons (Fsp3) is 0.400. The Hall–Kier alpha value is -3.56. The Kier molecular flexibility index (Phi) is 8.73. The number of esters is 1. The minimum absolute atomic E-state index is 0.321. The predicted molar refractivity (Wildman–Crippen MR) is 123 cm³/mol. The highest BCUT2D eigenvalue weighted by Crippen LogP contribution is 2.32. The number of aryl methyl sites for hydroxylation is 2. The van der Waals surface area contributed by atoms with Gasteiger partial charge in [-0.3, -0.25) is 4.79 Å². The molecule has 0 aliphatic rings. The number of carbonyl (C=O) groups excluding carboxylic acids is 1. The van der Waals surface area contributed by atoms with Crippen LogP contribution in [0.15, 0.2) is 42.7 Å². The lowest BCUT2D eigenvalue weighted by molar-refractivity contribution is -0.138. The van der Waals surface area contributed by atoms with Crippen molar-refractivity contribution in [1.82, 2.24) is 14.8 Å². The molecule has 0 bridgehead atoms. The summed E-state index contributed by atoms with van der Waals surface area (Å²) < 4.78 is 56.6. The number of pyridine rings is 1. The molecule has 1 aromatic carbocycles. The van der Waals surface area contributed by atoms with Crippen LogP contribution in [-0.4, -0.2) is 33.9 Å². The SMILES string of the molecule is CCCc1nn(-c2ccc(C(F)(F)F)cn2)cc1CCCOc1cc(OC(C)=O)ccc1OCC. The van der Waals surface area contributed by atoms with E-state index in [1.54, 1.807) is 24.4 Å². The minimum Gasteiger partial charge on any atom is -0.490 e. The van der Waals surface area contributed by atoms with E-state index in [1.165, 1.54) is 17.7 Å². The molecule has 0 fully saturated rings. The van der Waals surface area contributed by atoms with Crippen LogP contribution in [0.3, 0.4) is 0 Å². The fourth-order valence-corrected chi connectivity index (χ4v) is 3.46. The third-order valence-corrected chi connectivity index (χ3v) is 5.00. The van der Waals surface area contributed by atoms with Crippen molar-refractivity contribution in [2.75, 3.05) is 13.2 Å². The van der Waals surface area contributed by atoms with E-state index in [0.717, 1.165) is 36.4 Å². The first-order chi connectivity index (χ1) is 16.7. The highest BCUT2D eigenvalue weighted by atomic mass is 19.4. The van der Waals surface area contributed by atoms with Crippen LogP contribution in [-0.2, 0) is 23.8 Å². The van der Waals surface area contributed by atoms with Crippen molar-refractivity contribution in [1.29, 1.82) is 0 Å². The number of nitrogens with zero attached hydrogens (tertiary/aromatic N) is 3. The van der Waals surface area contributed by atoms with Gasteiger partial charge in [0.15, 0.2) is 17.3 Å². The number of ether oxygens (including phenoxy) is 3. The van der Waals surface area contributed by atoms with Crippen LogP contribution in [0.25, 0.3) is 5.82 Å². The average Bonchev–Trinajstić information content (AvgIpc) is 3.20. The van der Waals surface area contributed by atoms with Crippen LogP contribution in [0.4, 0.5) is 13.2 Å². The maximum absolute atomic E-state index is 12.8. The zero-order valence-corrected chi connectivity index (χ0v) is 19.9. The Bertz CT molecular complexity index is 1130. The van der Waals surface area contributed by atoms with Crippen molar-refractivity contribution in [2.45, 2.75) is 52.6 Å². The zero-order chi connectivity index (χ0) is 25.4. The second-order valence-corrected chi connectivity index (χ2v) is 7.79. The van der Waals surface area contributed by atoms with Gasteiger partial charge in [-0.1, -0.05) is 13.3 Å². The Morgan fingerprint density at radius 3 is 2.49 bits per heavy atom. The second kappa shape index (κ2) is 11.7. The molecule has 7 nitrogen and oxygen atoms in total. The van der Waals surface area contributed by atoms with Crippen LogP contribution in [0.2, 0.25) is 0 Å². The number of halogens is 3. The number of hydrogen-bond acceptors (Lipinski definition) is 6. The number of carbonyl (C=O) groups is 1. The van der Waals surface area contributed by atoms with Gasteiger partial charge in [0.25, 0.3) is 0 Å². The normalized spacial score (nSPS) is 11.4. The molecule has 0 radical (unpaired) electrons. The van der Waals surface area contributed by atoms with Crippen LogP contribution in [0.5, 0.6) is 17.2 Å². The molecule has 0 unspecified atom stereocenters. The summed E-state index contributed by atoms with van der Waals surface area (Å²) in [5.41, 5.74) is 1.06. The molecule has 188 valence electrons. The van der Waals surface area contributed by atoms with E-state index < -0.39 is 17.7 Å². The molecule has 0 saturated heterocycles. The first-order valence-corrected chi connectivity index (χ1v) is 11.4. The summed E-state index contributed by atoms with van der Waals surface area (Å²) in [6.45, 7) is 6.06. The molecular formula is C25H28F3N3O4. The van der Waals surface area contributed by atoms with Crippen molar-refractivity contribution < 1.29 is 32.2 Å². The maximum Gasteiger partial charge on any atom is 0.417 e. The Morgan fingerprint density at radius 2 is 1.86 bits per heavy atom. The maximum atomic E-state index is 12.8. The van der Waals surface area contributed by atoms with Gasteiger partial charge in [0.1, 0.15) is 5.75 Å². The lowest BCUT2D eigenvalue weighted by Gasteiger charge is -2.13. The van der Waals surface area contributed by atoms with Gasteiger partial charge in [-0.15, -0.1) is 0 Å². The summed E-state index contributed by atoms with van der Waals surface area (Å²) in [6.07, 6.45) is 1.10. The van der Waals surface area contributed by atoms with Gasteiger partial charge in [0.05, 0.1) is 24.5 Å². The zero-order valence-electron chi connectivity index (χ0n) is 19.9. The van der Waals surface area contributed by atoms with Crippen LogP contribution in [0.1, 0.15) is 50.4 Å². The molecule has 3 aromatic rings. The Labute approximate surface area is 201 Å². The third kappa shape index (κ3) is 7.21. The summed E-state index contributed by atoms with van der Waals surface area (Å²) in [5.74, 6) is 1.29. The molecule has 0 aliphatic carbocycles. The number of hydrogen-bond donors (Lipinski definition) is 0. The monoisotopic (exact) mass is 491 g/mol. The van der Waals surface area contributed by atoms with Gasteiger partial charge in [0, 0.05) is 25.4 Å². The van der Waals surface area contributed by atoms with Gasteiger partial charge in [0.2, 0.25) is 0 Å². The number of rotatable bonds is 11. The molecule has 0 atom stereocenters. The minimum atomic E-state index is -4.44. The quantitative estimate of drug-likeness (QED) is 0.198. The summed E-state index contributed by atoms with van der Waals surface area (Å²) in [7, 11) is 0. The van der Waals surface area contributed by atoms with Crippen LogP contribution in [0, 0.1) is 0 Å². The highest BCUT2D eigenvalue weighted by Gasteiger charge is 2.30. The molecule has 3 rings (SSSR count). The second-order valence-electron chi connectivity index (χ2n) is 7.79. The number of benzene rings is 1. The number of alkyl halides is 3. The molecular weight excluding hydrogens is 463 g/mol. The van der Waals surface area contributed by atoms with E-state index in [4.69, 9.17) is 14.2 Å². The average molecular weight is 492 g/mol. The van der Waals surface area contributed by atoms with Gasteiger partial charge < -0.3 is 14.2 Å². The lowest BCUT2D eigenvalue weighted by atomic mass is 10.1. The first-order valence-electron chi connectivity index (χ1n) is 11.4. The number of aromatic nitrogens is 3. The van der Waals surface area contributed by atoms with E-state index in [-0.39, 0.29) is 0 Å². The topological polar surface area (TPSA) is 75.5 Å². The molecule has 35 heavy (non-hydrogen) atoms. The van der Waals surface area contributed by atoms with Crippen molar-refractivity contribution in [3.63, 3.8) is 0 Å². The molecule has 0 N–H and O–H groups in total. The summed E-state index contributed by atoms with van der Waals surface area (Å²) in [5, 5.41) is 4.54. The molecule has 2 aromatic heterocycles. The fourth-order valence-electron chi connectivity index (χ4n) is 3.46. The van der Waals surface area contributed by atoms with Crippen molar-refractivity contribution in [3.8, 4) is 23.1 Å². The molecule has 2 heterocycles. The highest BCUT2D eigenvalue weighted by molar-refractivity contribution is 5.69. The third-order valence-electron chi connectivity index (χ3n) is 5.00. The van der Waals surface area contributed by atoms with Crippen molar-refractivity contribution in [2.24, 2.45) is 0 Å². The van der Waals surface area contributed by atoms with Gasteiger partial charge in [-0.05, 0) is 56.0 Å². The smallest absolute Gasteiger partial charge is 0.417 e. The van der Waals surface area contributed by atoms with E-state index in [1.807, 2.05) is 13.8 Å². The summed E-state index contributed by atoms with van der Waals surface area (Å²) in [6, 6.07) is 7.25. The molecule has 0 saturated carbocycles. The van der Waals surface area contributed by atoms with E-state index in [2.05, 4.69) is 10.1 Å². The Morgan fingerprint density at radius 1 is 1.06 bits per heavy atom. The van der Waals surface area contributed by atoms with Gasteiger partial charge in [-0.2, -0.15) is 18.3 Å². The van der Waals surface area contributed by atoms with Gasteiger partial charge in [-0.25, -0.2) is 9.67 Å². The predicted octanol–water partition coefficient (Wildman–Crippen LogP) is 5.57. The van der Waals surface area contributed by atoms with E-state index in [0.29, 0.717) is 49.1 Å². The standard InChI is InChI=1S/C25H28F3N3O4/c1-4-7-21-18(16-31(30-21)24-12-9-19(15-29-24)25(26,27)28)8-6-13-34-23-14-20(35-17(3)32)10-11-22(23)33-5-2/h9-12,14-16H,4-8,13H2,1-3H3. The molecule has 0 spiro atoms. The Balaban J connectivity index is 1.68.